The Morgan fingerprint density at radius 2 is 2.40 bits per heavy atom. The highest BCUT2D eigenvalue weighted by Crippen LogP contribution is 2.11. The Balaban J connectivity index is 2.19. The van der Waals surface area contributed by atoms with Gasteiger partial charge in [-0.15, -0.1) is 0 Å². The van der Waals surface area contributed by atoms with Crippen molar-refractivity contribution in [1.29, 1.82) is 0 Å². The lowest BCUT2D eigenvalue weighted by atomic mass is 10.2. The van der Waals surface area contributed by atoms with Crippen LogP contribution in [0.3, 0.4) is 0 Å². The fourth-order valence-corrected chi connectivity index (χ4v) is 1.41. The van der Waals surface area contributed by atoms with E-state index in [1.54, 1.807) is 13.2 Å². The number of rotatable bonds is 4. The van der Waals surface area contributed by atoms with Gasteiger partial charge in [0.15, 0.2) is 5.58 Å². The molecule has 2 N–H and O–H groups in total. The van der Waals surface area contributed by atoms with Crippen molar-refractivity contribution in [2.45, 2.75) is 6.54 Å². The number of ether oxygens (including phenoxy) is 1. The van der Waals surface area contributed by atoms with Gasteiger partial charge in [-0.05, 0) is 17.7 Å². The van der Waals surface area contributed by atoms with Crippen LogP contribution in [0.1, 0.15) is 5.56 Å². The zero-order valence-electron chi connectivity index (χ0n) is 8.37. The third-order valence-electron chi connectivity index (χ3n) is 2.06. The van der Waals surface area contributed by atoms with Crippen molar-refractivity contribution in [3.8, 4) is 0 Å². The summed E-state index contributed by atoms with van der Waals surface area (Å²) in [7, 11) is 1.63. The largest absolute Gasteiger partial charge is 0.417 e. The Morgan fingerprint density at radius 1 is 1.53 bits per heavy atom. The molecule has 0 atom stereocenters. The number of oxazole rings is 1. The Bertz CT molecular complexity index is 501. The van der Waals surface area contributed by atoms with Gasteiger partial charge in [0.25, 0.3) is 0 Å². The van der Waals surface area contributed by atoms with E-state index in [-0.39, 0.29) is 0 Å². The molecule has 1 aromatic carbocycles. The van der Waals surface area contributed by atoms with E-state index < -0.39 is 5.76 Å². The standard InChI is InChI=1S/C10H12N2O3/c1-14-6-11-5-7-2-3-9-8(4-7)12-10(13)15-9/h2-4,11H,5-6H2,1H3,(H,12,13). The average molecular weight is 208 g/mol. The molecule has 0 fully saturated rings. The van der Waals surface area contributed by atoms with Crippen molar-refractivity contribution < 1.29 is 9.15 Å². The van der Waals surface area contributed by atoms with Gasteiger partial charge >= 0.3 is 5.76 Å². The minimum atomic E-state index is -0.424. The lowest BCUT2D eigenvalue weighted by Gasteiger charge is -2.02. The van der Waals surface area contributed by atoms with Gasteiger partial charge in [0.1, 0.15) is 0 Å². The lowest BCUT2D eigenvalue weighted by molar-refractivity contribution is 0.174. The van der Waals surface area contributed by atoms with Crippen molar-refractivity contribution in [1.82, 2.24) is 10.3 Å². The molecule has 2 rings (SSSR count). The first-order valence-corrected chi connectivity index (χ1v) is 4.61. The number of aromatic nitrogens is 1. The third-order valence-corrected chi connectivity index (χ3v) is 2.06. The van der Waals surface area contributed by atoms with Crippen LogP contribution in [-0.2, 0) is 11.3 Å². The molecule has 0 bridgehead atoms. The second-order valence-corrected chi connectivity index (χ2v) is 3.20. The molecule has 0 radical (unpaired) electrons. The van der Waals surface area contributed by atoms with Crippen LogP contribution >= 0.6 is 0 Å². The molecule has 1 aromatic heterocycles. The van der Waals surface area contributed by atoms with Gasteiger partial charge < -0.3 is 9.15 Å². The van der Waals surface area contributed by atoms with Crippen molar-refractivity contribution in [2.24, 2.45) is 0 Å². The lowest BCUT2D eigenvalue weighted by Crippen LogP contribution is -2.15. The maximum Gasteiger partial charge on any atom is 0.417 e. The van der Waals surface area contributed by atoms with Crippen LogP contribution in [0.5, 0.6) is 0 Å². The number of aromatic amines is 1. The zero-order chi connectivity index (χ0) is 10.7. The summed E-state index contributed by atoms with van der Waals surface area (Å²) < 4.78 is 9.76. The van der Waals surface area contributed by atoms with Crippen LogP contribution in [0, 0.1) is 0 Å². The highest BCUT2D eigenvalue weighted by Gasteiger charge is 2.01. The van der Waals surface area contributed by atoms with Crippen molar-refractivity contribution >= 4 is 11.1 Å². The number of H-pyrrole nitrogens is 1. The van der Waals surface area contributed by atoms with Gasteiger partial charge in [0, 0.05) is 13.7 Å². The van der Waals surface area contributed by atoms with Crippen LogP contribution in [0.15, 0.2) is 27.4 Å². The predicted molar refractivity (Wildman–Crippen MR) is 55.6 cm³/mol. The van der Waals surface area contributed by atoms with Gasteiger partial charge in [-0.3, -0.25) is 10.3 Å². The Kier molecular flexibility index (Phi) is 2.84. The third kappa shape index (κ3) is 2.26. The van der Waals surface area contributed by atoms with Crippen molar-refractivity contribution in [2.75, 3.05) is 13.8 Å². The quantitative estimate of drug-likeness (QED) is 0.576. The van der Waals surface area contributed by atoms with E-state index in [1.807, 2.05) is 12.1 Å². The monoisotopic (exact) mass is 208 g/mol. The first-order valence-electron chi connectivity index (χ1n) is 4.61. The summed E-state index contributed by atoms with van der Waals surface area (Å²) in [5.41, 5.74) is 2.36. The maximum atomic E-state index is 10.9. The second-order valence-electron chi connectivity index (χ2n) is 3.20. The highest BCUT2D eigenvalue weighted by atomic mass is 16.5. The Labute approximate surface area is 86.0 Å². The number of fused-ring (bicyclic) bond motifs is 1. The van der Waals surface area contributed by atoms with Crippen molar-refractivity contribution in [3.63, 3.8) is 0 Å². The van der Waals surface area contributed by atoms with Gasteiger partial charge in [0.2, 0.25) is 0 Å². The van der Waals surface area contributed by atoms with E-state index in [0.717, 1.165) is 11.1 Å². The molecule has 0 saturated heterocycles. The molecule has 0 unspecified atom stereocenters. The van der Waals surface area contributed by atoms with Crippen LogP contribution in [0.25, 0.3) is 11.1 Å². The van der Waals surface area contributed by atoms with Gasteiger partial charge in [-0.1, -0.05) is 6.07 Å². The van der Waals surface area contributed by atoms with Crippen molar-refractivity contribution in [3.05, 3.63) is 34.3 Å². The second kappa shape index (κ2) is 4.29. The van der Waals surface area contributed by atoms with Gasteiger partial charge in [-0.25, -0.2) is 4.79 Å². The van der Waals surface area contributed by atoms with Crippen LogP contribution in [-0.4, -0.2) is 18.8 Å². The molecule has 2 aromatic rings. The van der Waals surface area contributed by atoms with E-state index >= 15 is 0 Å². The molecule has 0 saturated carbocycles. The summed E-state index contributed by atoms with van der Waals surface area (Å²) >= 11 is 0. The van der Waals surface area contributed by atoms with Crippen LogP contribution in [0.2, 0.25) is 0 Å². The summed E-state index contributed by atoms with van der Waals surface area (Å²) in [5.74, 6) is -0.424. The number of benzene rings is 1. The zero-order valence-corrected chi connectivity index (χ0v) is 8.37. The van der Waals surface area contributed by atoms with Gasteiger partial charge in [0.05, 0.1) is 12.2 Å². The molecular formula is C10H12N2O3. The number of hydrogen-bond acceptors (Lipinski definition) is 4. The SMILES string of the molecule is COCNCc1ccc2oc(=O)[nH]c2c1. The molecule has 15 heavy (non-hydrogen) atoms. The van der Waals surface area contributed by atoms with E-state index in [1.165, 1.54) is 0 Å². The minimum absolute atomic E-state index is 0.424. The van der Waals surface area contributed by atoms with E-state index in [0.29, 0.717) is 18.9 Å². The summed E-state index contributed by atoms with van der Waals surface area (Å²) in [4.78, 5) is 13.5. The van der Waals surface area contributed by atoms with Gasteiger partial charge in [-0.2, -0.15) is 0 Å². The van der Waals surface area contributed by atoms with Crippen LogP contribution in [0.4, 0.5) is 0 Å². The molecular weight excluding hydrogens is 196 g/mol. The summed E-state index contributed by atoms with van der Waals surface area (Å²) in [6.07, 6.45) is 0. The Morgan fingerprint density at radius 3 is 3.20 bits per heavy atom. The summed E-state index contributed by atoms with van der Waals surface area (Å²) in [6.45, 7) is 1.19. The maximum absolute atomic E-state index is 10.9. The topological polar surface area (TPSA) is 67.3 Å². The normalized spacial score (nSPS) is 11.0. The fraction of sp³-hybridized carbons (Fsp3) is 0.300. The first kappa shape index (κ1) is 9.95. The average Bonchev–Trinajstić information content (AvgIpc) is 2.57. The molecule has 5 heteroatoms. The highest BCUT2D eigenvalue weighted by molar-refractivity contribution is 5.72. The van der Waals surface area contributed by atoms with E-state index in [9.17, 15) is 4.79 Å². The number of methoxy groups -OCH3 is 1. The summed E-state index contributed by atoms with van der Waals surface area (Å²) in [6, 6.07) is 5.56. The molecule has 0 aliphatic carbocycles. The number of nitrogens with one attached hydrogen (secondary N) is 2. The molecule has 0 spiro atoms. The van der Waals surface area contributed by atoms with E-state index in [4.69, 9.17) is 9.15 Å². The Hall–Kier alpha value is -1.59. The summed E-state index contributed by atoms with van der Waals surface area (Å²) in [5, 5.41) is 3.08. The fourth-order valence-electron chi connectivity index (χ4n) is 1.41. The first-order chi connectivity index (χ1) is 7.29. The molecule has 0 aliphatic heterocycles. The molecule has 5 nitrogen and oxygen atoms in total. The molecule has 0 aliphatic rings. The smallest absolute Gasteiger partial charge is 0.408 e. The molecule has 0 amide bonds. The van der Waals surface area contributed by atoms with E-state index in [2.05, 4.69) is 10.3 Å². The van der Waals surface area contributed by atoms with Crippen LogP contribution < -0.4 is 11.1 Å². The number of hydrogen-bond donors (Lipinski definition) is 2. The predicted octanol–water partition coefficient (Wildman–Crippen LogP) is 0.815. The molecule has 80 valence electrons. The minimum Gasteiger partial charge on any atom is -0.408 e. The molecule has 1 heterocycles.